The summed E-state index contributed by atoms with van der Waals surface area (Å²) < 4.78 is 0. The van der Waals surface area contributed by atoms with Crippen molar-refractivity contribution >= 4 is 23.4 Å². The summed E-state index contributed by atoms with van der Waals surface area (Å²) in [6.45, 7) is 0.869. The predicted octanol–water partition coefficient (Wildman–Crippen LogP) is 3.28. The third-order valence-corrected chi connectivity index (χ3v) is 4.66. The molecule has 2 aliphatic carbocycles. The van der Waals surface area contributed by atoms with E-state index in [-0.39, 0.29) is 10.7 Å². The quantitative estimate of drug-likeness (QED) is 0.831. The van der Waals surface area contributed by atoms with Gasteiger partial charge in [-0.2, -0.15) is 0 Å². The minimum absolute atomic E-state index is 0.176. The second-order valence-electron chi connectivity index (χ2n) is 5.68. The molecular weight excluding hydrogens is 264 g/mol. The van der Waals surface area contributed by atoms with Gasteiger partial charge < -0.3 is 10.4 Å². The molecule has 0 saturated heterocycles. The lowest BCUT2D eigenvalue weighted by Gasteiger charge is -2.22. The second-order valence-corrected chi connectivity index (χ2v) is 6.07. The summed E-state index contributed by atoms with van der Waals surface area (Å²) in [5.74, 6) is 2.04. The Morgan fingerprint density at radius 3 is 2.89 bits per heavy atom. The molecule has 2 saturated carbocycles. The number of pyridine rings is 1. The number of aromatic carboxylic acids is 1. The minimum Gasteiger partial charge on any atom is -0.478 e. The second kappa shape index (κ2) is 5.00. The highest BCUT2D eigenvalue weighted by Gasteiger charge is 2.39. The van der Waals surface area contributed by atoms with Gasteiger partial charge in [-0.1, -0.05) is 18.0 Å². The molecule has 3 rings (SSSR count). The molecule has 1 aromatic heterocycles. The number of rotatable bonds is 4. The van der Waals surface area contributed by atoms with Crippen molar-refractivity contribution in [3.8, 4) is 0 Å². The summed E-state index contributed by atoms with van der Waals surface area (Å²) in [4.78, 5) is 15.1. The SMILES string of the molecule is O=C(O)c1cc(Cl)nc(NCC2CC3CCC2C3)c1. The number of anilines is 1. The topological polar surface area (TPSA) is 62.2 Å². The molecule has 0 amide bonds. The van der Waals surface area contributed by atoms with Crippen molar-refractivity contribution in [1.29, 1.82) is 0 Å². The largest absolute Gasteiger partial charge is 0.478 e. The molecule has 0 radical (unpaired) electrons. The average molecular weight is 281 g/mol. The van der Waals surface area contributed by atoms with Gasteiger partial charge in [0.1, 0.15) is 11.0 Å². The Bertz CT molecular complexity index is 506. The zero-order valence-corrected chi connectivity index (χ0v) is 11.4. The van der Waals surface area contributed by atoms with Crippen LogP contribution in [0.2, 0.25) is 5.15 Å². The van der Waals surface area contributed by atoms with Crippen LogP contribution in [0.4, 0.5) is 5.82 Å². The zero-order valence-electron chi connectivity index (χ0n) is 10.6. The van der Waals surface area contributed by atoms with Gasteiger partial charge in [-0.25, -0.2) is 9.78 Å². The highest BCUT2D eigenvalue weighted by atomic mass is 35.5. The Labute approximate surface area is 117 Å². The number of nitrogens with zero attached hydrogens (tertiary/aromatic N) is 1. The van der Waals surface area contributed by atoms with Crippen LogP contribution >= 0.6 is 11.6 Å². The van der Waals surface area contributed by atoms with Crippen LogP contribution < -0.4 is 5.32 Å². The molecule has 102 valence electrons. The molecule has 1 heterocycles. The number of halogens is 1. The fraction of sp³-hybridized carbons (Fsp3) is 0.571. The van der Waals surface area contributed by atoms with Crippen molar-refractivity contribution in [3.05, 3.63) is 22.8 Å². The van der Waals surface area contributed by atoms with E-state index in [1.165, 1.54) is 31.7 Å². The van der Waals surface area contributed by atoms with E-state index < -0.39 is 5.97 Å². The van der Waals surface area contributed by atoms with Crippen LogP contribution in [0.15, 0.2) is 12.1 Å². The van der Waals surface area contributed by atoms with Crippen LogP contribution in [0.3, 0.4) is 0 Å². The fourth-order valence-corrected chi connectivity index (χ4v) is 3.78. The molecule has 2 aliphatic rings. The molecule has 0 aromatic carbocycles. The van der Waals surface area contributed by atoms with Crippen LogP contribution in [-0.2, 0) is 0 Å². The summed E-state index contributed by atoms with van der Waals surface area (Å²) in [6, 6.07) is 2.91. The number of aromatic nitrogens is 1. The van der Waals surface area contributed by atoms with E-state index >= 15 is 0 Å². The Morgan fingerprint density at radius 2 is 2.26 bits per heavy atom. The first-order valence-corrected chi connectivity index (χ1v) is 7.14. The van der Waals surface area contributed by atoms with Gasteiger partial charge in [0.2, 0.25) is 0 Å². The van der Waals surface area contributed by atoms with Crippen LogP contribution in [-0.4, -0.2) is 22.6 Å². The molecule has 1 aromatic rings. The number of fused-ring (bicyclic) bond motifs is 2. The van der Waals surface area contributed by atoms with E-state index in [0.29, 0.717) is 11.7 Å². The van der Waals surface area contributed by atoms with Crippen LogP contribution in [0.5, 0.6) is 0 Å². The summed E-state index contributed by atoms with van der Waals surface area (Å²) in [5, 5.41) is 12.5. The van der Waals surface area contributed by atoms with Crippen molar-refractivity contribution in [1.82, 2.24) is 4.98 Å². The monoisotopic (exact) mass is 280 g/mol. The van der Waals surface area contributed by atoms with Crippen molar-refractivity contribution in [2.24, 2.45) is 17.8 Å². The molecular formula is C14H17ClN2O2. The molecule has 0 aliphatic heterocycles. The van der Waals surface area contributed by atoms with Gasteiger partial charge in [0.15, 0.2) is 0 Å². The van der Waals surface area contributed by atoms with E-state index in [2.05, 4.69) is 10.3 Å². The smallest absolute Gasteiger partial charge is 0.335 e. The van der Waals surface area contributed by atoms with Gasteiger partial charge >= 0.3 is 5.97 Å². The summed E-state index contributed by atoms with van der Waals surface area (Å²) in [7, 11) is 0. The lowest BCUT2D eigenvalue weighted by molar-refractivity contribution is 0.0697. The van der Waals surface area contributed by atoms with E-state index in [0.717, 1.165) is 18.4 Å². The van der Waals surface area contributed by atoms with E-state index in [9.17, 15) is 4.79 Å². The maximum absolute atomic E-state index is 11.0. The zero-order chi connectivity index (χ0) is 13.4. The molecule has 3 unspecified atom stereocenters. The molecule has 2 N–H and O–H groups in total. The molecule has 2 bridgehead atoms. The number of carboxylic acid groups (broad SMARTS) is 1. The first-order chi connectivity index (χ1) is 9.11. The van der Waals surface area contributed by atoms with Gasteiger partial charge in [0.25, 0.3) is 0 Å². The van der Waals surface area contributed by atoms with E-state index in [4.69, 9.17) is 16.7 Å². The number of nitrogens with one attached hydrogen (secondary N) is 1. The minimum atomic E-state index is -0.979. The van der Waals surface area contributed by atoms with Crippen LogP contribution in [0.25, 0.3) is 0 Å². The first-order valence-electron chi connectivity index (χ1n) is 6.76. The maximum atomic E-state index is 11.0. The third kappa shape index (κ3) is 2.68. The van der Waals surface area contributed by atoms with Crippen LogP contribution in [0.1, 0.15) is 36.0 Å². The standard InChI is InChI=1S/C14H17ClN2O2/c15-12-5-10(14(18)19)6-13(17-12)16-7-11-4-8-1-2-9(11)3-8/h5-6,8-9,11H,1-4,7H2,(H,16,17)(H,18,19). The van der Waals surface area contributed by atoms with E-state index in [1.54, 1.807) is 6.07 Å². The number of carbonyl (C=O) groups is 1. The van der Waals surface area contributed by atoms with Gasteiger partial charge in [-0.3, -0.25) is 0 Å². The average Bonchev–Trinajstić information content (AvgIpc) is 2.97. The Morgan fingerprint density at radius 1 is 1.42 bits per heavy atom. The van der Waals surface area contributed by atoms with E-state index in [1.807, 2.05) is 0 Å². The van der Waals surface area contributed by atoms with Crippen molar-refractivity contribution < 1.29 is 9.90 Å². The number of hydrogen-bond donors (Lipinski definition) is 2. The molecule has 19 heavy (non-hydrogen) atoms. The summed E-state index contributed by atoms with van der Waals surface area (Å²) in [5.41, 5.74) is 0.176. The number of carboxylic acids is 1. The van der Waals surface area contributed by atoms with Gasteiger partial charge in [0.05, 0.1) is 5.56 Å². The number of hydrogen-bond acceptors (Lipinski definition) is 3. The van der Waals surface area contributed by atoms with Crippen molar-refractivity contribution in [2.75, 3.05) is 11.9 Å². The molecule has 4 nitrogen and oxygen atoms in total. The Kier molecular flexibility index (Phi) is 3.35. The van der Waals surface area contributed by atoms with Gasteiger partial charge in [-0.15, -0.1) is 0 Å². The highest BCUT2D eigenvalue weighted by molar-refractivity contribution is 6.29. The predicted molar refractivity (Wildman–Crippen MR) is 73.6 cm³/mol. The first kappa shape index (κ1) is 12.7. The molecule has 5 heteroatoms. The lowest BCUT2D eigenvalue weighted by Crippen LogP contribution is -2.20. The molecule has 0 spiro atoms. The van der Waals surface area contributed by atoms with Crippen molar-refractivity contribution in [2.45, 2.75) is 25.7 Å². The molecule has 2 fully saturated rings. The van der Waals surface area contributed by atoms with Gasteiger partial charge in [-0.05, 0) is 49.1 Å². The fourth-order valence-electron chi connectivity index (χ4n) is 3.57. The summed E-state index contributed by atoms with van der Waals surface area (Å²) >= 11 is 5.84. The third-order valence-electron chi connectivity index (χ3n) is 4.47. The van der Waals surface area contributed by atoms with Crippen LogP contribution in [0, 0.1) is 17.8 Å². The van der Waals surface area contributed by atoms with Crippen molar-refractivity contribution in [3.63, 3.8) is 0 Å². The Hall–Kier alpha value is -1.29. The normalized spacial score (nSPS) is 28.6. The highest BCUT2D eigenvalue weighted by Crippen LogP contribution is 2.48. The lowest BCUT2D eigenvalue weighted by atomic mass is 9.89. The Balaban J connectivity index is 1.65. The summed E-state index contributed by atoms with van der Waals surface area (Å²) in [6.07, 6.45) is 5.40. The molecule has 3 atom stereocenters. The van der Waals surface area contributed by atoms with Gasteiger partial charge in [0, 0.05) is 6.54 Å². The maximum Gasteiger partial charge on any atom is 0.335 e.